The number of guanidine groups is 1. The van der Waals surface area contributed by atoms with Gasteiger partial charge in [-0.25, -0.2) is 0 Å². The summed E-state index contributed by atoms with van der Waals surface area (Å²) in [5.41, 5.74) is 0. The molecule has 0 amide bonds. The Kier molecular flexibility index (Phi) is 8.79. The van der Waals surface area contributed by atoms with E-state index in [2.05, 4.69) is 22.5 Å². The van der Waals surface area contributed by atoms with E-state index in [0.717, 1.165) is 64.2 Å². The minimum Gasteiger partial charge on any atom is -0.393 e. The summed E-state index contributed by atoms with van der Waals surface area (Å²) < 4.78 is 5.59. The molecule has 3 N–H and O–H groups in total. The molecular formula is C14H28IN3O2. The zero-order valence-corrected chi connectivity index (χ0v) is 14.6. The van der Waals surface area contributed by atoms with Crippen LogP contribution in [0.15, 0.2) is 4.99 Å². The van der Waals surface area contributed by atoms with Crippen LogP contribution in [0, 0.1) is 0 Å². The van der Waals surface area contributed by atoms with Gasteiger partial charge in [0.15, 0.2) is 5.96 Å². The predicted molar refractivity (Wildman–Crippen MR) is 91.8 cm³/mol. The largest absolute Gasteiger partial charge is 0.393 e. The molecule has 0 aromatic carbocycles. The molecule has 0 aromatic rings. The van der Waals surface area contributed by atoms with Gasteiger partial charge in [0.25, 0.3) is 0 Å². The molecule has 1 saturated heterocycles. The Labute approximate surface area is 139 Å². The van der Waals surface area contributed by atoms with E-state index >= 15 is 0 Å². The van der Waals surface area contributed by atoms with E-state index < -0.39 is 0 Å². The number of aliphatic imine (C=N–C) groups is 1. The molecule has 1 aliphatic carbocycles. The van der Waals surface area contributed by atoms with E-state index in [9.17, 15) is 5.11 Å². The van der Waals surface area contributed by atoms with Crippen molar-refractivity contribution >= 4 is 29.9 Å². The van der Waals surface area contributed by atoms with Crippen molar-refractivity contribution in [2.45, 2.75) is 63.7 Å². The van der Waals surface area contributed by atoms with Gasteiger partial charge in [-0.15, -0.1) is 24.0 Å². The molecule has 2 rings (SSSR count). The first-order chi connectivity index (χ1) is 9.28. The highest BCUT2D eigenvalue weighted by molar-refractivity contribution is 14.0. The van der Waals surface area contributed by atoms with Gasteiger partial charge < -0.3 is 20.5 Å². The van der Waals surface area contributed by atoms with E-state index in [0.29, 0.717) is 12.1 Å². The average Bonchev–Trinajstić information content (AvgIpc) is 2.92. The Balaban J connectivity index is 0.00000200. The maximum Gasteiger partial charge on any atom is 0.191 e. The van der Waals surface area contributed by atoms with E-state index in [-0.39, 0.29) is 30.1 Å². The standard InChI is InChI=1S/C14H27N3O2.HI/c1-2-15-14(16-10-13-4-3-9-19-13)17-11-5-7-12(18)8-6-11;/h11-13,18H,2-10H2,1H3,(H2,15,16,17);1H. The van der Waals surface area contributed by atoms with Gasteiger partial charge in [0.1, 0.15) is 0 Å². The summed E-state index contributed by atoms with van der Waals surface area (Å²) in [6.45, 7) is 4.57. The molecule has 1 heterocycles. The number of aliphatic hydroxyl groups excluding tert-OH is 1. The summed E-state index contributed by atoms with van der Waals surface area (Å²) in [7, 11) is 0. The molecule has 20 heavy (non-hydrogen) atoms. The third-order valence-corrected chi connectivity index (χ3v) is 3.86. The second-order valence-corrected chi connectivity index (χ2v) is 5.50. The highest BCUT2D eigenvalue weighted by atomic mass is 127. The number of nitrogens with one attached hydrogen (secondary N) is 2. The maximum absolute atomic E-state index is 9.52. The number of rotatable bonds is 4. The van der Waals surface area contributed by atoms with Gasteiger partial charge >= 0.3 is 0 Å². The predicted octanol–water partition coefficient (Wildman–Crippen LogP) is 1.64. The fourth-order valence-electron chi connectivity index (χ4n) is 2.71. The van der Waals surface area contributed by atoms with E-state index in [1.54, 1.807) is 0 Å². The van der Waals surface area contributed by atoms with Crippen molar-refractivity contribution < 1.29 is 9.84 Å². The smallest absolute Gasteiger partial charge is 0.191 e. The fourth-order valence-corrected chi connectivity index (χ4v) is 2.71. The van der Waals surface area contributed by atoms with Crippen molar-refractivity contribution in [1.82, 2.24) is 10.6 Å². The van der Waals surface area contributed by atoms with Crippen molar-refractivity contribution in [3.8, 4) is 0 Å². The minimum atomic E-state index is -0.107. The summed E-state index contributed by atoms with van der Waals surface area (Å²) in [6, 6.07) is 0.436. The van der Waals surface area contributed by atoms with Crippen LogP contribution >= 0.6 is 24.0 Å². The molecule has 0 aromatic heterocycles. The number of ether oxygens (including phenoxy) is 1. The average molecular weight is 397 g/mol. The monoisotopic (exact) mass is 397 g/mol. The first-order valence-electron chi connectivity index (χ1n) is 7.62. The topological polar surface area (TPSA) is 65.9 Å². The van der Waals surface area contributed by atoms with Crippen molar-refractivity contribution in [1.29, 1.82) is 0 Å². The number of hydrogen-bond donors (Lipinski definition) is 3. The normalized spacial score (nSPS) is 30.7. The number of aliphatic hydroxyl groups is 1. The number of halogens is 1. The lowest BCUT2D eigenvalue weighted by molar-refractivity contribution is 0.117. The van der Waals surface area contributed by atoms with Crippen LogP contribution in [-0.2, 0) is 4.74 Å². The van der Waals surface area contributed by atoms with Crippen molar-refractivity contribution in [2.24, 2.45) is 4.99 Å². The van der Waals surface area contributed by atoms with Crippen LogP contribution in [0.1, 0.15) is 45.4 Å². The van der Waals surface area contributed by atoms with Crippen LogP contribution < -0.4 is 10.6 Å². The third-order valence-electron chi connectivity index (χ3n) is 3.86. The van der Waals surface area contributed by atoms with Crippen molar-refractivity contribution in [3.63, 3.8) is 0 Å². The van der Waals surface area contributed by atoms with E-state index in [4.69, 9.17) is 4.74 Å². The molecule has 0 spiro atoms. The van der Waals surface area contributed by atoms with Crippen LogP contribution in [0.2, 0.25) is 0 Å². The second-order valence-electron chi connectivity index (χ2n) is 5.50. The lowest BCUT2D eigenvalue weighted by Gasteiger charge is -2.27. The molecule has 0 radical (unpaired) electrons. The Hall–Kier alpha value is -0.0800. The SMILES string of the molecule is CCNC(=NCC1CCCO1)NC1CCC(O)CC1.I. The molecule has 6 heteroatoms. The zero-order valence-electron chi connectivity index (χ0n) is 12.3. The lowest BCUT2D eigenvalue weighted by Crippen LogP contribution is -2.45. The Morgan fingerprint density at radius 3 is 2.60 bits per heavy atom. The molecule has 1 unspecified atom stereocenters. The molecule has 2 aliphatic rings. The third kappa shape index (κ3) is 6.13. The highest BCUT2D eigenvalue weighted by Crippen LogP contribution is 2.18. The lowest BCUT2D eigenvalue weighted by atomic mass is 9.93. The summed E-state index contributed by atoms with van der Waals surface area (Å²) in [5, 5.41) is 16.3. The first kappa shape index (κ1) is 18.0. The first-order valence-corrected chi connectivity index (χ1v) is 7.62. The van der Waals surface area contributed by atoms with Crippen molar-refractivity contribution in [3.05, 3.63) is 0 Å². The highest BCUT2D eigenvalue weighted by Gasteiger charge is 2.20. The Morgan fingerprint density at radius 1 is 1.25 bits per heavy atom. The number of nitrogens with zero attached hydrogens (tertiary/aromatic N) is 1. The molecular weight excluding hydrogens is 369 g/mol. The second kappa shape index (κ2) is 9.78. The molecule has 0 bridgehead atoms. The fraction of sp³-hybridized carbons (Fsp3) is 0.929. The van der Waals surface area contributed by atoms with Crippen LogP contribution in [0.25, 0.3) is 0 Å². The van der Waals surface area contributed by atoms with Crippen LogP contribution in [-0.4, -0.2) is 49.0 Å². The zero-order chi connectivity index (χ0) is 13.5. The van der Waals surface area contributed by atoms with E-state index in [1.807, 2.05) is 0 Å². The summed E-state index contributed by atoms with van der Waals surface area (Å²) >= 11 is 0. The molecule has 1 atom stereocenters. The van der Waals surface area contributed by atoms with Crippen LogP contribution in [0.3, 0.4) is 0 Å². The van der Waals surface area contributed by atoms with Gasteiger partial charge in [-0.1, -0.05) is 0 Å². The quantitative estimate of drug-likeness (QED) is 0.384. The summed E-state index contributed by atoms with van der Waals surface area (Å²) in [6.07, 6.45) is 6.29. The summed E-state index contributed by atoms with van der Waals surface area (Å²) in [4.78, 5) is 4.62. The molecule has 1 saturated carbocycles. The van der Waals surface area contributed by atoms with Gasteiger partial charge in [0, 0.05) is 19.2 Å². The van der Waals surface area contributed by atoms with Crippen molar-refractivity contribution in [2.75, 3.05) is 19.7 Å². The molecule has 5 nitrogen and oxygen atoms in total. The molecule has 1 aliphatic heterocycles. The van der Waals surface area contributed by atoms with Gasteiger partial charge in [0.2, 0.25) is 0 Å². The summed E-state index contributed by atoms with van der Waals surface area (Å²) in [5.74, 6) is 0.888. The number of hydrogen-bond acceptors (Lipinski definition) is 3. The van der Waals surface area contributed by atoms with Gasteiger partial charge in [-0.05, 0) is 45.4 Å². The Bertz CT molecular complexity index is 288. The van der Waals surface area contributed by atoms with Gasteiger partial charge in [-0.3, -0.25) is 4.99 Å². The molecule has 118 valence electrons. The molecule has 2 fully saturated rings. The maximum atomic E-state index is 9.52. The van der Waals surface area contributed by atoms with Gasteiger partial charge in [-0.2, -0.15) is 0 Å². The van der Waals surface area contributed by atoms with Crippen LogP contribution in [0.5, 0.6) is 0 Å². The minimum absolute atomic E-state index is 0. The van der Waals surface area contributed by atoms with Gasteiger partial charge in [0.05, 0.1) is 18.8 Å². The Morgan fingerprint density at radius 2 is 2.00 bits per heavy atom. The van der Waals surface area contributed by atoms with Crippen LogP contribution in [0.4, 0.5) is 0 Å². The van der Waals surface area contributed by atoms with E-state index in [1.165, 1.54) is 0 Å².